The maximum atomic E-state index is 11.7. The molecule has 2 heterocycles. The highest BCUT2D eigenvalue weighted by Gasteiger charge is 2.13. The monoisotopic (exact) mass is 311 g/mol. The zero-order valence-corrected chi connectivity index (χ0v) is 12.9. The number of aromatic amines is 1. The van der Waals surface area contributed by atoms with Crippen molar-refractivity contribution in [3.63, 3.8) is 0 Å². The molecule has 0 aliphatic heterocycles. The van der Waals surface area contributed by atoms with Crippen LogP contribution in [0.3, 0.4) is 0 Å². The summed E-state index contributed by atoms with van der Waals surface area (Å²) in [6.07, 6.45) is 0.830. The third-order valence-corrected chi connectivity index (χ3v) is 3.30. The van der Waals surface area contributed by atoms with Crippen LogP contribution in [0.1, 0.15) is 20.3 Å². The molecule has 0 saturated carbocycles. The molecule has 0 saturated heterocycles. The minimum Gasteiger partial charge on any atom is -0.464 e. The average molecular weight is 311 g/mol. The molecule has 0 bridgehead atoms. The van der Waals surface area contributed by atoms with Crippen molar-refractivity contribution < 1.29 is 4.74 Å². The first-order chi connectivity index (χ1) is 10.2. The van der Waals surface area contributed by atoms with Crippen LogP contribution in [0.2, 0.25) is 0 Å². The van der Waals surface area contributed by atoms with E-state index in [1.54, 1.807) is 11.6 Å². The van der Waals surface area contributed by atoms with Gasteiger partial charge in [0, 0.05) is 13.6 Å². The molecule has 0 radical (unpaired) electrons. The summed E-state index contributed by atoms with van der Waals surface area (Å²) in [6, 6.07) is 0.235. The lowest BCUT2D eigenvalue weighted by Crippen LogP contribution is -2.17. The van der Waals surface area contributed by atoms with E-state index in [1.165, 1.54) is 11.8 Å². The van der Waals surface area contributed by atoms with Gasteiger partial charge in [0.05, 0.1) is 6.61 Å². The Labute approximate surface area is 125 Å². The second kappa shape index (κ2) is 7.07. The van der Waals surface area contributed by atoms with Gasteiger partial charge in [0.2, 0.25) is 11.1 Å². The van der Waals surface area contributed by atoms with E-state index in [1.807, 2.05) is 13.8 Å². The number of hydrogen-bond donors (Lipinski definition) is 2. The number of H-pyrrole nitrogens is 1. The van der Waals surface area contributed by atoms with E-state index in [9.17, 15) is 4.79 Å². The van der Waals surface area contributed by atoms with Crippen molar-refractivity contribution in [2.75, 3.05) is 19.0 Å². The Morgan fingerprint density at radius 1 is 1.33 bits per heavy atom. The number of aromatic nitrogens is 6. The minimum atomic E-state index is -0.243. The molecule has 0 atom stereocenters. The second-order valence-corrected chi connectivity index (χ2v) is 4.91. The van der Waals surface area contributed by atoms with Crippen LogP contribution in [0.15, 0.2) is 15.1 Å². The van der Waals surface area contributed by atoms with Crippen molar-refractivity contribution >= 4 is 17.7 Å². The number of rotatable bonds is 7. The summed E-state index contributed by atoms with van der Waals surface area (Å²) in [4.78, 5) is 24.1. The predicted octanol–water partition coefficient (Wildman–Crippen LogP) is 0.758. The van der Waals surface area contributed by atoms with Crippen LogP contribution in [0.5, 0.6) is 6.01 Å². The van der Waals surface area contributed by atoms with Gasteiger partial charge in [-0.25, -0.2) is 9.89 Å². The molecule has 0 unspecified atom stereocenters. The standard InChI is InChI=1S/C11H17N7O2S/c1-4-6-18-10(19)16-17-11(18)21-9-14-7(12-3)13-8(15-9)20-5-2/h4-6H2,1-3H3,(H,16,19)(H,12,13,14,15). The van der Waals surface area contributed by atoms with Crippen molar-refractivity contribution in [3.8, 4) is 6.01 Å². The van der Waals surface area contributed by atoms with Gasteiger partial charge in [-0.2, -0.15) is 15.0 Å². The van der Waals surface area contributed by atoms with Crippen LogP contribution in [0.25, 0.3) is 0 Å². The molecule has 114 valence electrons. The van der Waals surface area contributed by atoms with E-state index in [0.717, 1.165) is 6.42 Å². The highest BCUT2D eigenvalue weighted by atomic mass is 32.2. The quantitative estimate of drug-likeness (QED) is 0.771. The lowest BCUT2D eigenvalue weighted by Gasteiger charge is -2.06. The van der Waals surface area contributed by atoms with Gasteiger partial charge in [-0.3, -0.25) is 4.57 Å². The Hall–Kier alpha value is -2.10. The van der Waals surface area contributed by atoms with E-state index in [4.69, 9.17) is 4.74 Å². The number of nitrogens with zero attached hydrogens (tertiary/aromatic N) is 5. The second-order valence-electron chi connectivity index (χ2n) is 3.97. The van der Waals surface area contributed by atoms with Crippen molar-refractivity contribution in [1.29, 1.82) is 0 Å². The van der Waals surface area contributed by atoms with Gasteiger partial charge in [-0.1, -0.05) is 6.92 Å². The molecule has 0 aliphatic rings. The van der Waals surface area contributed by atoms with Crippen LogP contribution in [0, 0.1) is 0 Å². The summed E-state index contributed by atoms with van der Waals surface area (Å²) >= 11 is 1.18. The normalized spacial score (nSPS) is 10.6. The minimum absolute atomic E-state index is 0.235. The maximum Gasteiger partial charge on any atom is 0.343 e. The molecule has 0 amide bonds. The van der Waals surface area contributed by atoms with Gasteiger partial charge >= 0.3 is 11.7 Å². The summed E-state index contributed by atoms with van der Waals surface area (Å²) in [5, 5.41) is 10.2. The van der Waals surface area contributed by atoms with Crippen molar-refractivity contribution in [2.45, 2.75) is 37.1 Å². The third kappa shape index (κ3) is 3.72. The summed E-state index contributed by atoms with van der Waals surface area (Å²) in [7, 11) is 1.71. The van der Waals surface area contributed by atoms with Gasteiger partial charge in [0.25, 0.3) is 0 Å². The predicted molar refractivity (Wildman–Crippen MR) is 77.8 cm³/mol. The van der Waals surface area contributed by atoms with Crippen LogP contribution in [-0.2, 0) is 6.54 Å². The molecule has 0 fully saturated rings. The smallest absolute Gasteiger partial charge is 0.343 e. The zero-order chi connectivity index (χ0) is 15.2. The number of nitrogens with one attached hydrogen (secondary N) is 2. The maximum absolute atomic E-state index is 11.7. The Balaban J connectivity index is 2.30. The fourth-order valence-corrected chi connectivity index (χ4v) is 2.37. The molecular weight excluding hydrogens is 294 g/mol. The summed E-state index contributed by atoms with van der Waals surface area (Å²) < 4.78 is 6.85. The molecule has 0 spiro atoms. The van der Waals surface area contributed by atoms with Crippen LogP contribution < -0.4 is 15.7 Å². The van der Waals surface area contributed by atoms with Gasteiger partial charge in [-0.05, 0) is 25.1 Å². The molecule has 2 aromatic rings. The highest BCUT2D eigenvalue weighted by molar-refractivity contribution is 7.99. The Kier molecular flexibility index (Phi) is 5.14. The lowest BCUT2D eigenvalue weighted by molar-refractivity contribution is 0.308. The van der Waals surface area contributed by atoms with E-state index < -0.39 is 0 Å². The number of anilines is 1. The average Bonchev–Trinajstić information content (AvgIpc) is 2.81. The summed E-state index contributed by atoms with van der Waals surface area (Å²) in [5.74, 6) is 0.399. The van der Waals surface area contributed by atoms with Crippen molar-refractivity contribution in [2.24, 2.45) is 0 Å². The van der Waals surface area contributed by atoms with E-state index in [-0.39, 0.29) is 11.7 Å². The Morgan fingerprint density at radius 2 is 2.14 bits per heavy atom. The highest BCUT2D eigenvalue weighted by Crippen LogP contribution is 2.23. The van der Waals surface area contributed by atoms with Crippen LogP contribution in [0.4, 0.5) is 5.95 Å². The fourth-order valence-electron chi connectivity index (χ4n) is 1.57. The SMILES string of the molecule is CCCn1c(Sc2nc(NC)nc(OCC)n2)n[nH]c1=O. The molecule has 2 aromatic heterocycles. The van der Waals surface area contributed by atoms with Crippen LogP contribution in [-0.4, -0.2) is 43.4 Å². The number of ether oxygens (including phenoxy) is 1. The first-order valence-electron chi connectivity index (χ1n) is 6.57. The van der Waals surface area contributed by atoms with Crippen molar-refractivity contribution in [1.82, 2.24) is 29.7 Å². The molecule has 21 heavy (non-hydrogen) atoms. The Bertz CT molecular complexity index is 654. The topological polar surface area (TPSA) is 111 Å². The van der Waals surface area contributed by atoms with Gasteiger partial charge in [0.15, 0.2) is 5.16 Å². The molecule has 10 heteroatoms. The van der Waals surface area contributed by atoms with Gasteiger partial charge in [-0.15, -0.1) is 5.10 Å². The molecular formula is C11H17N7O2S. The molecule has 0 aliphatic carbocycles. The fraction of sp³-hybridized carbons (Fsp3) is 0.545. The molecule has 2 N–H and O–H groups in total. The lowest BCUT2D eigenvalue weighted by atomic mass is 10.5. The van der Waals surface area contributed by atoms with E-state index >= 15 is 0 Å². The number of hydrogen-bond acceptors (Lipinski definition) is 8. The van der Waals surface area contributed by atoms with Gasteiger partial charge in [0.1, 0.15) is 0 Å². The molecule has 2 rings (SSSR count). The first kappa shape index (κ1) is 15.3. The largest absolute Gasteiger partial charge is 0.464 e. The van der Waals surface area contributed by atoms with E-state index in [2.05, 4.69) is 30.5 Å². The summed E-state index contributed by atoms with van der Waals surface area (Å²) in [5.41, 5.74) is -0.243. The molecule has 0 aromatic carbocycles. The van der Waals surface area contributed by atoms with Crippen LogP contribution >= 0.6 is 11.8 Å². The van der Waals surface area contributed by atoms with Gasteiger partial charge < -0.3 is 10.1 Å². The van der Waals surface area contributed by atoms with E-state index in [0.29, 0.717) is 29.4 Å². The zero-order valence-electron chi connectivity index (χ0n) is 12.1. The van der Waals surface area contributed by atoms with Crippen molar-refractivity contribution in [3.05, 3.63) is 10.5 Å². The first-order valence-corrected chi connectivity index (χ1v) is 7.39. The summed E-state index contributed by atoms with van der Waals surface area (Å²) in [6.45, 7) is 4.88. The molecule has 9 nitrogen and oxygen atoms in total. The Morgan fingerprint density at radius 3 is 2.81 bits per heavy atom. The third-order valence-electron chi connectivity index (χ3n) is 2.44.